The number of carbonyl (C=O) groups is 1. The molecule has 27 heavy (non-hydrogen) atoms. The summed E-state index contributed by atoms with van der Waals surface area (Å²) in [6, 6.07) is 13.4. The Bertz CT molecular complexity index is 927. The molecule has 0 saturated heterocycles. The number of sulfonamides is 1. The van der Waals surface area contributed by atoms with Gasteiger partial charge in [0.25, 0.3) is 0 Å². The molecule has 6 nitrogen and oxygen atoms in total. The molecule has 1 amide bonds. The third-order valence-corrected chi connectivity index (χ3v) is 5.15. The normalized spacial score (nSPS) is 12.1. The SMILES string of the molecule is COc1ccc(/C=C/C(=O)Nc2cccc(S(=O)(=O)NC(C)(C)C)c2)cc1. The molecule has 0 fully saturated rings. The van der Waals surface area contributed by atoms with Crippen molar-refractivity contribution in [1.29, 1.82) is 0 Å². The molecule has 0 aliphatic heterocycles. The van der Waals surface area contributed by atoms with E-state index in [0.29, 0.717) is 5.69 Å². The third-order valence-electron chi connectivity index (χ3n) is 3.40. The highest BCUT2D eigenvalue weighted by Crippen LogP contribution is 2.18. The molecule has 2 aromatic carbocycles. The summed E-state index contributed by atoms with van der Waals surface area (Å²) in [5.41, 5.74) is 0.645. The van der Waals surface area contributed by atoms with Gasteiger partial charge in [-0.3, -0.25) is 4.79 Å². The van der Waals surface area contributed by atoms with Crippen LogP contribution in [0.15, 0.2) is 59.5 Å². The maximum Gasteiger partial charge on any atom is 0.248 e. The Labute approximate surface area is 160 Å². The molecule has 0 aromatic heterocycles. The first-order chi connectivity index (χ1) is 12.6. The van der Waals surface area contributed by atoms with Crippen LogP contribution in [0.1, 0.15) is 26.3 Å². The fourth-order valence-electron chi connectivity index (χ4n) is 2.27. The molecule has 2 aromatic rings. The van der Waals surface area contributed by atoms with Crippen molar-refractivity contribution in [3.63, 3.8) is 0 Å². The summed E-state index contributed by atoms with van der Waals surface area (Å²) in [6.45, 7) is 5.29. The van der Waals surface area contributed by atoms with Gasteiger partial charge in [0.2, 0.25) is 15.9 Å². The Morgan fingerprint density at radius 2 is 1.74 bits per heavy atom. The number of hydrogen-bond acceptors (Lipinski definition) is 4. The van der Waals surface area contributed by atoms with Crippen LogP contribution >= 0.6 is 0 Å². The summed E-state index contributed by atoms with van der Waals surface area (Å²) in [6.07, 6.45) is 3.05. The molecule has 0 spiro atoms. The van der Waals surface area contributed by atoms with Gasteiger partial charge in [-0.05, 0) is 62.7 Å². The molecule has 0 bridgehead atoms. The molecular formula is C20H24N2O4S. The molecule has 0 unspecified atom stereocenters. The zero-order valence-electron chi connectivity index (χ0n) is 15.8. The highest BCUT2D eigenvalue weighted by Gasteiger charge is 2.22. The van der Waals surface area contributed by atoms with Crippen molar-refractivity contribution in [3.8, 4) is 5.75 Å². The first-order valence-electron chi connectivity index (χ1n) is 8.36. The number of nitrogens with one attached hydrogen (secondary N) is 2. The number of ether oxygens (including phenoxy) is 1. The van der Waals surface area contributed by atoms with Crippen molar-refractivity contribution >= 4 is 27.7 Å². The Morgan fingerprint density at radius 1 is 1.07 bits per heavy atom. The Kier molecular flexibility index (Phi) is 6.41. The molecule has 2 rings (SSSR count). The average Bonchev–Trinajstić information content (AvgIpc) is 2.58. The van der Waals surface area contributed by atoms with E-state index in [9.17, 15) is 13.2 Å². The molecule has 0 saturated carbocycles. The minimum atomic E-state index is -3.67. The van der Waals surface area contributed by atoms with Crippen molar-refractivity contribution in [3.05, 3.63) is 60.2 Å². The molecule has 0 aliphatic rings. The number of anilines is 1. The van der Waals surface area contributed by atoms with Gasteiger partial charge in [-0.2, -0.15) is 0 Å². The second kappa shape index (κ2) is 8.37. The molecule has 2 N–H and O–H groups in total. The van der Waals surface area contributed by atoms with Gasteiger partial charge < -0.3 is 10.1 Å². The maximum absolute atomic E-state index is 12.4. The van der Waals surface area contributed by atoms with Crippen LogP contribution in [0, 0.1) is 0 Å². The van der Waals surface area contributed by atoms with Gasteiger partial charge in [0.05, 0.1) is 12.0 Å². The van der Waals surface area contributed by atoms with Crippen LogP contribution in [-0.2, 0) is 14.8 Å². The summed E-state index contributed by atoms with van der Waals surface area (Å²) >= 11 is 0. The zero-order valence-corrected chi connectivity index (χ0v) is 16.6. The second-order valence-corrected chi connectivity index (χ2v) is 8.66. The van der Waals surface area contributed by atoms with Crippen LogP contribution in [-0.4, -0.2) is 27.0 Å². The van der Waals surface area contributed by atoms with Crippen LogP contribution in [0.5, 0.6) is 5.75 Å². The number of benzene rings is 2. The third kappa shape index (κ3) is 6.54. The highest BCUT2D eigenvalue weighted by molar-refractivity contribution is 7.89. The molecule has 0 aliphatic carbocycles. The maximum atomic E-state index is 12.4. The minimum Gasteiger partial charge on any atom is -0.497 e. The van der Waals surface area contributed by atoms with E-state index in [1.165, 1.54) is 18.2 Å². The topological polar surface area (TPSA) is 84.5 Å². The largest absolute Gasteiger partial charge is 0.497 e. The van der Waals surface area contributed by atoms with Gasteiger partial charge in [0.1, 0.15) is 5.75 Å². The molecule has 144 valence electrons. The Morgan fingerprint density at radius 3 is 2.33 bits per heavy atom. The monoisotopic (exact) mass is 388 g/mol. The van der Waals surface area contributed by atoms with Gasteiger partial charge in [-0.1, -0.05) is 18.2 Å². The van der Waals surface area contributed by atoms with Crippen LogP contribution < -0.4 is 14.8 Å². The smallest absolute Gasteiger partial charge is 0.248 e. The van der Waals surface area contributed by atoms with Gasteiger partial charge >= 0.3 is 0 Å². The van der Waals surface area contributed by atoms with Gasteiger partial charge in [0.15, 0.2) is 0 Å². The van der Waals surface area contributed by atoms with Crippen LogP contribution in [0.3, 0.4) is 0 Å². The molecule has 7 heteroatoms. The van der Waals surface area contributed by atoms with Gasteiger partial charge in [-0.15, -0.1) is 0 Å². The zero-order chi connectivity index (χ0) is 20.1. The quantitative estimate of drug-likeness (QED) is 0.743. The first kappa shape index (κ1) is 20.7. The Balaban J connectivity index is 2.08. The lowest BCUT2D eigenvalue weighted by Crippen LogP contribution is -2.40. The Hall–Kier alpha value is -2.64. The summed E-state index contributed by atoms with van der Waals surface area (Å²) < 4.78 is 32.5. The number of rotatable bonds is 6. The average molecular weight is 388 g/mol. The lowest BCUT2D eigenvalue weighted by atomic mass is 10.1. The fraction of sp³-hybridized carbons (Fsp3) is 0.250. The van der Waals surface area contributed by atoms with E-state index in [-0.39, 0.29) is 10.8 Å². The lowest BCUT2D eigenvalue weighted by molar-refractivity contribution is -0.111. The fourth-order valence-corrected chi connectivity index (χ4v) is 3.74. The van der Waals surface area contributed by atoms with E-state index in [2.05, 4.69) is 10.0 Å². The molecular weight excluding hydrogens is 364 g/mol. The van der Waals surface area contributed by atoms with Crippen molar-refractivity contribution in [2.24, 2.45) is 0 Å². The van der Waals surface area contributed by atoms with E-state index in [1.807, 2.05) is 12.1 Å². The standard InChI is InChI=1S/C20H24N2O4S/c1-20(2,3)22-27(24,25)18-7-5-6-16(14-18)21-19(23)13-10-15-8-11-17(26-4)12-9-15/h5-14,22H,1-4H3,(H,21,23)/b13-10+. The van der Waals surface area contributed by atoms with E-state index < -0.39 is 15.6 Å². The number of hydrogen-bond donors (Lipinski definition) is 2. The number of methoxy groups -OCH3 is 1. The van der Waals surface area contributed by atoms with Crippen LogP contribution in [0.25, 0.3) is 6.08 Å². The molecule has 0 radical (unpaired) electrons. The van der Waals surface area contributed by atoms with E-state index >= 15 is 0 Å². The van der Waals surface area contributed by atoms with E-state index in [1.54, 1.807) is 58.2 Å². The lowest BCUT2D eigenvalue weighted by Gasteiger charge is -2.20. The summed E-state index contributed by atoms with van der Waals surface area (Å²) in [5.74, 6) is 0.377. The molecule has 0 heterocycles. The van der Waals surface area contributed by atoms with Crippen molar-refractivity contribution in [2.45, 2.75) is 31.2 Å². The van der Waals surface area contributed by atoms with Crippen LogP contribution in [0.4, 0.5) is 5.69 Å². The summed E-state index contributed by atoms with van der Waals surface area (Å²) in [5, 5.41) is 2.67. The second-order valence-electron chi connectivity index (χ2n) is 6.98. The summed E-state index contributed by atoms with van der Waals surface area (Å²) in [7, 11) is -2.08. The number of amides is 1. The first-order valence-corrected chi connectivity index (χ1v) is 9.84. The van der Waals surface area contributed by atoms with E-state index in [4.69, 9.17) is 4.74 Å². The van der Waals surface area contributed by atoms with Gasteiger partial charge in [-0.25, -0.2) is 13.1 Å². The highest BCUT2D eigenvalue weighted by atomic mass is 32.2. The molecule has 0 atom stereocenters. The van der Waals surface area contributed by atoms with Crippen molar-refractivity contribution < 1.29 is 17.9 Å². The predicted molar refractivity (Wildman–Crippen MR) is 107 cm³/mol. The van der Waals surface area contributed by atoms with E-state index in [0.717, 1.165) is 11.3 Å². The van der Waals surface area contributed by atoms with Crippen molar-refractivity contribution in [1.82, 2.24) is 4.72 Å². The summed E-state index contributed by atoms with van der Waals surface area (Å²) in [4.78, 5) is 12.2. The number of carbonyl (C=O) groups excluding carboxylic acids is 1. The van der Waals surface area contributed by atoms with Gasteiger partial charge in [0, 0.05) is 17.3 Å². The predicted octanol–water partition coefficient (Wildman–Crippen LogP) is 3.42. The minimum absolute atomic E-state index is 0.0920. The van der Waals surface area contributed by atoms with Crippen molar-refractivity contribution in [2.75, 3.05) is 12.4 Å². The van der Waals surface area contributed by atoms with Crippen LogP contribution in [0.2, 0.25) is 0 Å².